The number of nitrogens with two attached hydrogens (primary N) is 2. The molecule has 1 fully saturated rings. The number of thiophene rings is 1. The van der Waals surface area contributed by atoms with Crippen molar-refractivity contribution in [1.82, 2.24) is 10.2 Å². The fourth-order valence-electron chi connectivity index (χ4n) is 4.85. The minimum Gasteiger partial charge on any atom is -0.448 e. The highest BCUT2D eigenvalue weighted by Crippen LogP contribution is 2.47. The number of thioether (sulfide) groups is 1. The van der Waals surface area contributed by atoms with Gasteiger partial charge >= 0.3 is 12.1 Å². The number of rotatable bonds is 10. The van der Waals surface area contributed by atoms with Crippen LogP contribution in [0.4, 0.5) is 9.80 Å². The van der Waals surface area contributed by atoms with Crippen LogP contribution in [0.1, 0.15) is 22.1 Å². The molecule has 11 nitrogen and oxygen atoms in total. The highest BCUT2D eigenvalue weighted by molar-refractivity contribution is 8.00. The van der Waals surface area contributed by atoms with Crippen LogP contribution in [0.3, 0.4) is 0 Å². The number of methoxy groups -OCH3 is 1. The first-order valence-electron chi connectivity index (χ1n) is 12.8. The van der Waals surface area contributed by atoms with Crippen LogP contribution >= 0.6 is 23.1 Å². The molecule has 1 aromatic heterocycles. The predicted octanol–water partition coefficient (Wildman–Crippen LogP) is 2.93. The number of nitrogens with zero attached hydrogens (tertiary/aromatic N) is 1. The third-order valence-electron chi connectivity index (χ3n) is 6.79. The minimum absolute atomic E-state index is 0.00405. The molecule has 2 aromatic carbocycles. The van der Waals surface area contributed by atoms with Crippen LogP contribution in [0.5, 0.6) is 0 Å². The molecule has 3 heterocycles. The molecule has 0 spiro atoms. The van der Waals surface area contributed by atoms with Gasteiger partial charge in [-0.05, 0) is 23.3 Å². The molecule has 0 aliphatic carbocycles. The van der Waals surface area contributed by atoms with E-state index in [-0.39, 0.29) is 24.5 Å². The number of ether oxygens (including phenoxy) is 3. The lowest BCUT2D eigenvalue weighted by atomic mass is 9.97. The number of carbonyl (C=O) groups excluding carboxylic acids is 4. The first-order valence-corrected chi connectivity index (χ1v) is 14.7. The van der Waals surface area contributed by atoms with E-state index in [9.17, 15) is 19.2 Å². The Bertz CT molecular complexity index is 1490. The SMILES string of the molecule is CO[C@@]1(NC(=O)Cc2ccc(N)s2)C(=O)N2C(C(=O)OC(c3ccccc3)c3ccccc3)=C(COC(N)=O)CS[C@H]21. The van der Waals surface area contributed by atoms with Crippen LogP contribution in [0.15, 0.2) is 84.1 Å². The number of benzene rings is 2. The molecule has 0 bridgehead atoms. The monoisotopic (exact) mass is 608 g/mol. The molecule has 42 heavy (non-hydrogen) atoms. The third-order valence-corrected chi connectivity index (χ3v) is 9.07. The fraction of sp³-hybridized carbons (Fsp3) is 0.241. The maximum atomic E-state index is 13.9. The lowest BCUT2D eigenvalue weighted by Crippen LogP contribution is -2.80. The Morgan fingerprint density at radius 1 is 1.05 bits per heavy atom. The Labute approximate surface area is 249 Å². The summed E-state index contributed by atoms with van der Waals surface area (Å²) in [5, 5.41) is 2.49. The molecule has 218 valence electrons. The topological polar surface area (TPSA) is 163 Å². The average molecular weight is 609 g/mol. The highest BCUT2D eigenvalue weighted by atomic mass is 32.2. The molecule has 5 N–H and O–H groups in total. The zero-order chi connectivity index (χ0) is 29.9. The number of esters is 1. The Morgan fingerprint density at radius 2 is 1.69 bits per heavy atom. The van der Waals surface area contributed by atoms with Crippen molar-refractivity contribution in [2.75, 3.05) is 25.2 Å². The van der Waals surface area contributed by atoms with Crippen LogP contribution in [0, 0.1) is 0 Å². The molecule has 2 atom stereocenters. The summed E-state index contributed by atoms with van der Waals surface area (Å²) in [7, 11) is 1.31. The minimum atomic E-state index is -1.72. The largest absolute Gasteiger partial charge is 0.448 e. The van der Waals surface area contributed by atoms with Gasteiger partial charge in [-0.2, -0.15) is 0 Å². The number of amides is 3. The van der Waals surface area contributed by atoms with Crippen molar-refractivity contribution in [3.8, 4) is 0 Å². The maximum absolute atomic E-state index is 13.9. The van der Waals surface area contributed by atoms with Crippen LogP contribution in [-0.2, 0) is 35.0 Å². The lowest BCUT2D eigenvalue weighted by Gasteiger charge is -2.56. The molecule has 0 radical (unpaired) electrons. The van der Waals surface area contributed by atoms with E-state index < -0.39 is 41.1 Å². The summed E-state index contributed by atoms with van der Waals surface area (Å²) in [6.45, 7) is -0.323. The number of nitrogen functional groups attached to an aromatic ring is 1. The Kier molecular flexibility index (Phi) is 8.52. The van der Waals surface area contributed by atoms with Gasteiger partial charge < -0.3 is 31.0 Å². The standard InChI is InChI=1S/C29H28N4O7S2/c1-38-29(32-22(34)14-20-12-13-21(30)42-20)26(36)33-23(19(15-39-28(31)37)16-41-27(29)33)25(35)40-24(17-8-4-2-5-9-17)18-10-6-3-7-11-18/h2-13,24,27H,14-16,30H2,1H3,(H2,31,37)(H,32,34)/t27-,29-/m0/s1. The van der Waals surface area contributed by atoms with E-state index >= 15 is 0 Å². The number of β-lactam (4-membered cyclic amide) rings is 1. The molecule has 0 saturated carbocycles. The fourth-order valence-corrected chi connectivity index (χ4v) is 7.05. The maximum Gasteiger partial charge on any atom is 0.404 e. The summed E-state index contributed by atoms with van der Waals surface area (Å²) in [5.41, 5.74) is 10.9. The molecule has 2 aliphatic heterocycles. The summed E-state index contributed by atoms with van der Waals surface area (Å²) in [5.74, 6) is -1.74. The van der Waals surface area contributed by atoms with Gasteiger partial charge in [-0.1, -0.05) is 60.7 Å². The van der Waals surface area contributed by atoms with Gasteiger partial charge in [-0.25, -0.2) is 9.59 Å². The van der Waals surface area contributed by atoms with Gasteiger partial charge in [0.05, 0.1) is 11.4 Å². The third kappa shape index (κ3) is 5.71. The number of hydrogen-bond acceptors (Lipinski definition) is 10. The number of nitrogens with one attached hydrogen (secondary N) is 1. The summed E-state index contributed by atoms with van der Waals surface area (Å²) < 4.78 is 16.7. The molecule has 2 aliphatic rings. The van der Waals surface area contributed by atoms with Crippen molar-refractivity contribution in [2.24, 2.45) is 5.73 Å². The van der Waals surface area contributed by atoms with E-state index in [1.165, 1.54) is 35.1 Å². The number of hydrogen-bond donors (Lipinski definition) is 3. The Hall–Kier alpha value is -4.33. The zero-order valence-corrected chi connectivity index (χ0v) is 24.1. The number of carbonyl (C=O) groups is 4. The smallest absolute Gasteiger partial charge is 0.404 e. The second-order valence-electron chi connectivity index (χ2n) is 9.47. The van der Waals surface area contributed by atoms with Crippen molar-refractivity contribution in [3.05, 3.63) is 100 Å². The molecule has 1 saturated heterocycles. The van der Waals surface area contributed by atoms with E-state index in [1.54, 1.807) is 12.1 Å². The van der Waals surface area contributed by atoms with Crippen LogP contribution in [0.2, 0.25) is 0 Å². The molecule has 0 unspecified atom stereocenters. The Morgan fingerprint density at radius 3 is 2.24 bits per heavy atom. The molecule has 5 rings (SSSR count). The molecule has 3 amide bonds. The van der Waals surface area contributed by atoms with Crippen molar-refractivity contribution in [3.63, 3.8) is 0 Å². The Balaban J connectivity index is 1.44. The van der Waals surface area contributed by atoms with E-state index in [4.69, 9.17) is 25.7 Å². The van der Waals surface area contributed by atoms with Crippen LogP contribution < -0.4 is 16.8 Å². The van der Waals surface area contributed by atoms with Gasteiger partial charge in [0.15, 0.2) is 6.10 Å². The summed E-state index contributed by atoms with van der Waals surface area (Å²) in [6, 6.07) is 21.8. The zero-order valence-electron chi connectivity index (χ0n) is 22.5. The van der Waals surface area contributed by atoms with Crippen LogP contribution in [-0.4, -0.2) is 59.3 Å². The molecule has 3 aromatic rings. The van der Waals surface area contributed by atoms with Crippen LogP contribution in [0.25, 0.3) is 0 Å². The van der Waals surface area contributed by atoms with Gasteiger partial charge in [0.2, 0.25) is 5.91 Å². The average Bonchev–Trinajstić information content (AvgIpc) is 3.41. The van der Waals surface area contributed by atoms with Crippen molar-refractivity contribution in [2.45, 2.75) is 23.6 Å². The molecular weight excluding hydrogens is 580 g/mol. The van der Waals surface area contributed by atoms with Gasteiger partial charge in [-0.15, -0.1) is 23.1 Å². The van der Waals surface area contributed by atoms with Crippen molar-refractivity contribution >= 4 is 52.0 Å². The summed E-state index contributed by atoms with van der Waals surface area (Å²) in [6.07, 6.45) is -1.83. The van der Waals surface area contributed by atoms with Gasteiger partial charge in [0.1, 0.15) is 17.7 Å². The van der Waals surface area contributed by atoms with Crippen molar-refractivity contribution in [1.29, 1.82) is 0 Å². The van der Waals surface area contributed by atoms with E-state index in [2.05, 4.69) is 5.32 Å². The first-order chi connectivity index (χ1) is 20.2. The normalized spacial score (nSPS) is 19.6. The number of primary amides is 1. The quantitative estimate of drug-likeness (QED) is 0.178. The highest BCUT2D eigenvalue weighted by Gasteiger charge is 2.66. The summed E-state index contributed by atoms with van der Waals surface area (Å²) in [4.78, 5) is 54.0. The second-order valence-corrected chi connectivity index (χ2v) is 11.7. The first kappa shape index (κ1) is 29.2. The van der Waals surface area contributed by atoms with E-state index in [0.29, 0.717) is 10.6 Å². The second kappa shape index (κ2) is 12.3. The van der Waals surface area contributed by atoms with Gasteiger partial charge in [0.25, 0.3) is 11.6 Å². The van der Waals surface area contributed by atoms with E-state index in [0.717, 1.165) is 16.0 Å². The van der Waals surface area contributed by atoms with Gasteiger partial charge in [0, 0.05) is 23.3 Å². The molecular formula is C29H28N4O7S2. The number of fused-ring (bicyclic) bond motifs is 1. The lowest BCUT2D eigenvalue weighted by molar-refractivity contribution is -0.193. The summed E-state index contributed by atoms with van der Waals surface area (Å²) >= 11 is 2.51. The van der Waals surface area contributed by atoms with E-state index in [1.807, 2.05) is 60.7 Å². The van der Waals surface area contributed by atoms with Crippen molar-refractivity contribution < 1.29 is 33.4 Å². The van der Waals surface area contributed by atoms with Gasteiger partial charge in [-0.3, -0.25) is 14.5 Å². The predicted molar refractivity (Wildman–Crippen MR) is 157 cm³/mol. The number of anilines is 1. The molecule has 13 heteroatoms.